The minimum Gasteiger partial charge on any atom is -0.486 e. The maximum Gasteiger partial charge on any atom is 0.297 e. The highest BCUT2D eigenvalue weighted by molar-refractivity contribution is 9.10. The average molecular weight is 273 g/mol. The zero-order valence-electron chi connectivity index (χ0n) is 7.99. The molecule has 1 aliphatic rings. The third-order valence-corrected chi connectivity index (χ3v) is 2.60. The fraction of sp³-hybridized carbons (Fsp3) is 0.333. The van der Waals surface area contributed by atoms with E-state index in [0.717, 1.165) is 0 Å². The topological polar surface area (TPSA) is 64.4 Å². The number of fused-ring (bicyclic) bond motifs is 1. The Balaban J connectivity index is 2.54. The van der Waals surface area contributed by atoms with Gasteiger partial charge in [-0.2, -0.15) is 0 Å². The highest BCUT2D eigenvalue weighted by Crippen LogP contribution is 2.39. The van der Waals surface area contributed by atoms with E-state index in [1.165, 1.54) is 6.07 Å². The number of anilines is 1. The highest BCUT2D eigenvalue weighted by atomic mass is 79.9. The molecule has 0 bridgehead atoms. The average Bonchev–Trinajstić information content (AvgIpc) is 2.15. The molecule has 80 valence electrons. The molecule has 0 saturated heterocycles. The number of rotatable bonds is 1. The van der Waals surface area contributed by atoms with Gasteiger partial charge in [-0.1, -0.05) is 15.9 Å². The van der Waals surface area contributed by atoms with E-state index in [4.69, 9.17) is 4.74 Å². The zero-order valence-corrected chi connectivity index (χ0v) is 9.58. The Morgan fingerprint density at radius 2 is 2.40 bits per heavy atom. The predicted molar refractivity (Wildman–Crippen MR) is 59.4 cm³/mol. The van der Waals surface area contributed by atoms with Gasteiger partial charge in [-0.05, 0) is 13.0 Å². The number of ether oxygens (including phenoxy) is 1. The van der Waals surface area contributed by atoms with Crippen LogP contribution in [0.4, 0.5) is 11.4 Å². The van der Waals surface area contributed by atoms with E-state index in [0.29, 0.717) is 22.5 Å². The minimum absolute atomic E-state index is 0.0198. The van der Waals surface area contributed by atoms with Gasteiger partial charge in [0.25, 0.3) is 5.69 Å². The number of nitrogens with zero attached hydrogens (tertiary/aromatic N) is 1. The molecule has 0 aromatic heterocycles. The van der Waals surface area contributed by atoms with E-state index >= 15 is 0 Å². The molecule has 0 radical (unpaired) electrons. The van der Waals surface area contributed by atoms with Gasteiger partial charge < -0.3 is 10.1 Å². The van der Waals surface area contributed by atoms with Gasteiger partial charge in [0, 0.05) is 10.5 Å². The Hall–Kier alpha value is -1.30. The van der Waals surface area contributed by atoms with Crippen molar-refractivity contribution in [3.63, 3.8) is 0 Å². The number of halogens is 1. The van der Waals surface area contributed by atoms with Gasteiger partial charge in [0.15, 0.2) is 11.4 Å². The molecule has 15 heavy (non-hydrogen) atoms. The molecule has 1 unspecified atom stereocenters. The molecule has 1 N–H and O–H groups in total. The number of nitro groups is 1. The van der Waals surface area contributed by atoms with Crippen molar-refractivity contribution in [1.82, 2.24) is 0 Å². The van der Waals surface area contributed by atoms with Crippen LogP contribution in [0.1, 0.15) is 6.92 Å². The maximum absolute atomic E-state index is 10.8. The van der Waals surface area contributed by atoms with Gasteiger partial charge in [0.2, 0.25) is 0 Å². The van der Waals surface area contributed by atoms with Gasteiger partial charge in [0.05, 0.1) is 11.5 Å². The summed E-state index contributed by atoms with van der Waals surface area (Å²) in [6, 6.07) is 3.19. The number of nitrogens with one attached hydrogen (secondary N) is 1. The normalized spacial score (nSPS) is 18.7. The lowest BCUT2D eigenvalue weighted by Gasteiger charge is -2.24. The standard InChI is InChI=1S/C9H9BrN2O3/c1-5-4-11-9-7(12(13)14)2-6(10)3-8(9)15-5/h2-3,5,11H,4H2,1H3. The van der Waals surface area contributed by atoms with Crippen LogP contribution in [0.3, 0.4) is 0 Å². The molecule has 1 aliphatic heterocycles. The summed E-state index contributed by atoms with van der Waals surface area (Å²) in [5, 5.41) is 13.8. The second-order valence-electron chi connectivity index (χ2n) is 3.36. The summed E-state index contributed by atoms with van der Waals surface area (Å²) in [4.78, 5) is 10.4. The molecule has 2 rings (SSSR count). The zero-order chi connectivity index (χ0) is 11.0. The van der Waals surface area contributed by atoms with E-state index < -0.39 is 4.92 Å². The number of hydrogen-bond acceptors (Lipinski definition) is 4. The molecule has 5 nitrogen and oxygen atoms in total. The molecular formula is C9H9BrN2O3. The molecule has 6 heteroatoms. The summed E-state index contributed by atoms with van der Waals surface area (Å²) >= 11 is 3.22. The second kappa shape index (κ2) is 3.69. The summed E-state index contributed by atoms with van der Waals surface area (Å²) in [5.74, 6) is 0.523. The predicted octanol–water partition coefficient (Wildman–Crippen LogP) is 2.55. The van der Waals surface area contributed by atoms with Crippen molar-refractivity contribution in [2.45, 2.75) is 13.0 Å². The summed E-state index contributed by atoms with van der Waals surface area (Å²) in [7, 11) is 0. The van der Waals surface area contributed by atoms with Crippen LogP contribution < -0.4 is 10.1 Å². The van der Waals surface area contributed by atoms with Gasteiger partial charge in [0.1, 0.15) is 6.10 Å². The van der Waals surface area contributed by atoms with Gasteiger partial charge in [-0.15, -0.1) is 0 Å². The first-order valence-electron chi connectivity index (χ1n) is 4.46. The Morgan fingerprint density at radius 1 is 1.67 bits per heavy atom. The SMILES string of the molecule is CC1CNc2c(cc(Br)cc2[N+](=O)[O-])O1. The lowest BCUT2D eigenvalue weighted by atomic mass is 10.2. The van der Waals surface area contributed by atoms with Gasteiger partial charge >= 0.3 is 0 Å². The Kier molecular flexibility index (Phi) is 2.52. The van der Waals surface area contributed by atoms with Crippen molar-refractivity contribution in [1.29, 1.82) is 0 Å². The molecular weight excluding hydrogens is 264 g/mol. The van der Waals surface area contributed by atoms with Crippen molar-refractivity contribution >= 4 is 27.3 Å². The second-order valence-corrected chi connectivity index (χ2v) is 4.28. The molecule has 0 spiro atoms. The fourth-order valence-electron chi connectivity index (χ4n) is 1.49. The summed E-state index contributed by atoms with van der Waals surface area (Å²) in [6.45, 7) is 2.48. The molecule has 1 aromatic carbocycles. The van der Waals surface area contributed by atoms with Crippen LogP contribution in [-0.2, 0) is 0 Å². The quantitative estimate of drug-likeness (QED) is 0.630. The van der Waals surface area contributed by atoms with Crippen molar-refractivity contribution < 1.29 is 9.66 Å². The minimum atomic E-state index is -0.421. The van der Waals surface area contributed by atoms with E-state index in [1.807, 2.05) is 6.92 Å². The Morgan fingerprint density at radius 3 is 3.07 bits per heavy atom. The first-order chi connectivity index (χ1) is 7.08. The molecule has 0 fully saturated rings. The van der Waals surface area contributed by atoms with Crippen LogP contribution in [0.15, 0.2) is 16.6 Å². The monoisotopic (exact) mass is 272 g/mol. The highest BCUT2D eigenvalue weighted by Gasteiger charge is 2.25. The number of benzene rings is 1. The third-order valence-electron chi connectivity index (χ3n) is 2.14. The van der Waals surface area contributed by atoms with Crippen molar-refractivity contribution in [3.05, 3.63) is 26.7 Å². The summed E-state index contributed by atoms with van der Waals surface area (Å²) in [6.07, 6.45) is 0.0198. The number of hydrogen-bond donors (Lipinski definition) is 1. The Bertz CT molecular complexity index is 422. The summed E-state index contributed by atoms with van der Waals surface area (Å²) in [5.41, 5.74) is 0.493. The van der Waals surface area contributed by atoms with Crippen LogP contribution in [-0.4, -0.2) is 17.6 Å². The van der Waals surface area contributed by atoms with Crippen LogP contribution in [0.2, 0.25) is 0 Å². The lowest BCUT2D eigenvalue weighted by Crippen LogP contribution is -2.28. The van der Waals surface area contributed by atoms with Crippen LogP contribution in [0, 0.1) is 10.1 Å². The van der Waals surface area contributed by atoms with E-state index in [1.54, 1.807) is 6.07 Å². The molecule has 1 aromatic rings. The third kappa shape index (κ3) is 1.90. The lowest BCUT2D eigenvalue weighted by molar-refractivity contribution is -0.384. The molecule has 1 atom stereocenters. The smallest absolute Gasteiger partial charge is 0.297 e. The largest absolute Gasteiger partial charge is 0.486 e. The van der Waals surface area contributed by atoms with Crippen molar-refractivity contribution in [2.24, 2.45) is 0 Å². The van der Waals surface area contributed by atoms with Crippen molar-refractivity contribution in [2.75, 3.05) is 11.9 Å². The number of nitro benzene ring substituents is 1. The van der Waals surface area contributed by atoms with Gasteiger partial charge in [-0.3, -0.25) is 10.1 Å². The molecule has 1 heterocycles. The Labute approximate surface area is 94.7 Å². The van der Waals surface area contributed by atoms with Gasteiger partial charge in [-0.25, -0.2) is 0 Å². The van der Waals surface area contributed by atoms with E-state index in [9.17, 15) is 10.1 Å². The van der Waals surface area contributed by atoms with E-state index in [-0.39, 0.29) is 11.8 Å². The first kappa shape index (κ1) is 10.2. The summed E-state index contributed by atoms with van der Waals surface area (Å²) < 4.78 is 6.15. The molecule has 0 saturated carbocycles. The van der Waals surface area contributed by atoms with Crippen LogP contribution in [0.25, 0.3) is 0 Å². The maximum atomic E-state index is 10.8. The fourth-order valence-corrected chi connectivity index (χ4v) is 1.91. The molecule has 0 aliphatic carbocycles. The molecule has 0 amide bonds. The van der Waals surface area contributed by atoms with Crippen molar-refractivity contribution in [3.8, 4) is 5.75 Å². The van der Waals surface area contributed by atoms with Crippen LogP contribution >= 0.6 is 15.9 Å². The van der Waals surface area contributed by atoms with Crippen LogP contribution in [0.5, 0.6) is 5.75 Å². The van der Waals surface area contributed by atoms with E-state index in [2.05, 4.69) is 21.2 Å². The first-order valence-corrected chi connectivity index (χ1v) is 5.25.